The van der Waals surface area contributed by atoms with Crippen molar-refractivity contribution in [2.24, 2.45) is 0 Å². The van der Waals surface area contributed by atoms with E-state index in [9.17, 15) is 35.6 Å². The van der Waals surface area contributed by atoms with Gasteiger partial charge in [0.2, 0.25) is 21.8 Å². The van der Waals surface area contributed by atoms with E-state index in [1.807, 2.05) is 0 Å². The molecule has 2 aromatic rings. The minimum absolute atomic E-state index is 0.0838. The number of rotatable bonds is 7. The molecule has 2 amide bonds. The van der Waals surface area contributed by atoms with Crippen molar-refractivity contribution in [2.75, 3.05) is 13.1 Å². The van der Waals surface area contributed by atoms with Crippen molar-refractivity contribution in [2.45, 2.75) is 49.3 Å². The molecule has 190 valence electrons. The number of hydrogen-bond acceptors (Lipinski definition) is 4. The maximum Gasteiger partial charge on any atom is 0.417 e. The molecule has 12 heteroatoms. The molecule has 0 unspecified atom stereocenters. The van der Waals surface area contributed by atoms with Crippen LogP contribution in [0.25, 0.3) is 0 Å². The number of piperidine rings is 1. The van der Waals surface area contributed by atoms with Gasteiger partial charge in [-0.1, -0.05) is 30.3 Å². The number of nitrogens with one attached hydrogen (secondary N) is 2. The van der Waals surface area contributed by atoms with Gasteiger partial charge in [0, 0.05) is 32.5 Å². The third-order valence-corrected chi connectivity index (χ3v) is 7.64. The summed E-state index contributed by atoms with van der Waals surface area (Å²) in [6, 6.07) is 8.32. The second-order valence-corrected chi connectivity index (χ2v) is 10.1. The monoisotopic (exact) mass is 515 g/mol. The van der Waals surface area contributed by atoms with E-state index in [2.05, 4.69) is 10.6 Å². The highest BCUT2D eigenvalue weighted by Crippen LogP contribution is 2.35. The molecule has 0 saturated carbocycles. The standard InChI is InChI=1S/C23H25F4N3O4S/c1-15(31)28-20(14-16-6-2-4-8-19(16)24)22(32)29-17-10-12-30(13-11-17)35(33,34)21-9-5-3-7-18(21)23(25,26)27/h2-9,17,20H,10-14H2,1H3,(H,28,31)(H,29,32)/t20-/m1/s1. The number of hydrogen-bond donors (Lipinski definition) is 2. The van der Waals surface area contributed by atoms with Crippen LogP contribution >= 0.6 is 0 Å². The second kappa shape index (κ2) is 10.7. The van der Waals surface area contributed by atoms with Gasteiger partial charge in [-0.05, 0) is 36.6 Å². The van der Waals surface area contributed by atoms with Crippen molar-refractivity contribution in [3.8, 4) is 0 Å². The zero-order valence-electron chi connectivity index (χ0n) is 18.8. The number of halogens is 4. The summed E-state index contributed by atoms with van der Waals surface area (Å²) in [5.74, 6) is -1.56. The number of carbonyl (C=O) groups excluding carboxylic acids is 2. The fourth-order valence-electron chi connectivity index (χ4n) is 3.95. The van der Waals surface area contributed by atoms with E-state index >= 15 is 0 Å². The Bertz CT molecular complexity index is 1180. The molecule has 35 heavy (non-hydrogen) atoms. The van der Waals surface area contributed by atoms with E-state index in [1.165, 1.54) is 31.2 Å². The molecule has 2 aromatic carbocycles. The number of benzene rings is 2. The molecule has 0 bridgehead atoms. The maximum atomic E-state index is 14.0. The van der Waals surface area contributed by atoms with Gasteiger partial charge in [0.25, 0.3) is 0 Å². The number of alkyl halides is 3. The first-order chi connectivity index (χ1) is 16.4. The highest BCUT2D eigenvalue weighted by atomic mass is 32.2. The Labute approximate surface area is 200 Å². The minimum atomic E-state index is -4.83. The number of amides is 2. The molecule has 2 N–H and O–H groups in total. The van der Waals surface area contributed by atoms with Crippen LogP contribution in [0.2, 0.25) is 0 Å². The molecule has 1 heterocycles. The SMILES string of the molecule is CC(=O)N[C@H](Cc1ccccc1F)C(=O)NC1CCN(S(=O)(=O)c2ccccc2C(F)(F)F)CC1. The second-order valence-electron chi connectivity index (χ2n) is 8.23. The molecule has 0 spiro atoms. The van der Waals surface area contributed by atoms with Crippen molar-refractivity contribution in [3.05, 3.63) is 65.5 Å². The van der Waals surface area contributed by atoms with Gasteiger partial charge >= 0.3 is 6.18 Å². The van der Waals surface area contributed by atoms with E-state index in [1.54, 1.807) is 6.07 Å². The lowest BCUT2D eigenvalue weighted by atomic mass is 10.0. The Kier molecular flexibility index (Phi) is 8.16. The molecule has 0 aliphatic carbocycles. The van der Waals surface area contributed by atoms with Crippen LogP contribution in [0.3, 0.4) is 0 Å². The van der Waals surface area contributed by atoms with Gasteiger partial charge in [-0.2, -0.15) is 17.5 Å². The fourth-order valence-corrected chi connectivity index (χ4v) is 5.63. The summed E-state index contributed by atoms with van der Waals surface area (Å²) in [5.41, 5.74) is -0.993. The zero-order chi connectivity index (χ0) is 25.8. The van der Waals surface area contributed by atoms with Gasteiger partial charge in [-0.3, -0.25) is 9.59 Å². The van der Waals surface area contributed by atoms with Gasteiger partial charge in [-0.15, -0.1) is 0 Å². The summed E-state index contributed by atoms with van der Waals surface area (Å²) in [4.78, 5) is 23.6. The highest BCUT2D eigenvalue weighted by molar-refractivity contribution is 7.89. The Balaban J connectivity index is 1.66. The first-order valence-corrected chi connectivity index (χ1v) is 12.3. The van der Waals surface area contributed by atoms with Crippen molar-refractivity contribution >= 4 is 21.8 Å². The van der Waals surface area contributed by atoms with E-state index in [0.29, 0.717) is 0 Å². The van der Waals surface area contributed by atoms with Gasteiger partial charge in [0.1, 0.15) is 11.9 Å². The van der Waals surface area contributed by atoms with Gasteiger partial charge in [0.15, 0.2) is 0 Å². The summed E-state index contributed by atoms with van der Waals surface area (Å²) < 4.78 is 80.7. The first kappa shape index (κ1) is 26.6. The third-order valence-electron chi connectivity index (χ3n) is 5.69. The summed E-state index contributed by atoms with van der Waals surface area (Å²) in [5, 5.41) is 5.22. The molecular weight excluding hydrogens is 490 g/mol. The molecule has 1 saturated heterocycles. The van der Waals surface area contributed by atoms with Crippen molar-refractivity contribution in [3.63, 3.8) is 0 Å². The van der Waals surface area contributed by atoms with E-state index in [-0.39, 0.29) is 37.9 Å². The van der Waals surface area contributed by atoms with Crippen LogP contribution in [0, 0.1) is 5.82 Å². The highest BCUT2D eigenvalue weighted by Gasteiger charge is 2.40. The third kappa shape index (κ3) is 6.57. The Morgan fingerprint density at radius 1 is 1.06 bits per heavy atom. The molecular formula is C23H25F4N3O4S. The van der Waals surface area contributed by atoms with Crippen molar-refractivity contribution < 1.29 is 35.6 Å². The minimum Gasteiger partial charge on any atom is -0.351 e. The molecule has 1 aliphatic rings. The molecule has 1 fully saturated rings. The largest absolute Gasteiger partial charge is 0.417 e. The fraction of sp³-hybridized carbons (Fsp3) is 0.391. The molecule has 0 radical (unpaired) electrons. The van der Waals surface area contributed by atoms with Crippen LogP contribution in [0.15, 0.2) is 53.4 Å². The summed E-state index contributed by atoms with van der Waals surface area (Å²) in [6.45, 7) is 1.03. The van der Waals surface area contributed by atoms with E-state index in [0.717, 1.165) is 22.5 Å². The van der Waals surface area contributed by atoms with Crippen LogP contribution in [0.4, 0.5) is 17.6 Å². The van der Waals surface area contributed by atoms with Crippen molar-refractivity contribution in [1.82, 2.24) is 14.9 Å². The van der Waals surface area contributed by atoms with E-state index < -0.39 is 56.4 Å². The molecule has 0 aromatic heterocycles. The predicted molar refractivity (Wildman–Crippen MR) is 119 cm³/mol. The van der Waals surface area contributed by atoms with Crippen LogP contribution < -0.4 is 10.6 Å². The quantitative estimate of drug-likeness (QED) is 0.555. The summed E-state index contributed by atoms with van der Waals surface area (Å²) in [7, 11) is -4.40. The Morgan fingerprint density at radius 2 is 1.66 bits per heavy atom. The number of carbonyl (C=O) groups is 2. The van der Waals surface area contributed by atoms with Crippen LogP contribution in [0.5, 0.6) is 0 Å². The predicted octanol–water partition coefficient (Wildman–Crippen LogP) is 2.86. The maximum absolute atomic E-state index is 14.0. The topological polar surface area (TPSA) is 95.6 Å². The average Bonchev–Trinajstić information content (AvgIpc) is 2.79. The first-order valence-electron chi connectivity index (χ1n) is 10.9. The average molecular weight is 516 g/mol. The Hall–Kier alpha value is -2.99. The lowest BCUT2D eigenvalue weighted by Gasteiger charge is -2.33. The van der Waals surface area contributed by atoms with Gasteiger partial charge in [0.05, 0.1) is 10.5 Å². The lowest BCUT2D eigenvalue weighted by molar-refractivity contribution is -0.140. The zero-order valence-corrected chi connectivity index (χ0v) is 19.6. The number of nitrogens with zero attached hydrogens (tertiary/aromatic N) is 1. The van der Waals surface area contributed by atoms with Gasteiger partial charge < -0.3 is 10.6 Å². The number of sulfonamides is 1. The molecule has 7 nitrogen and oxygen atoms in total. The van der Waals surface area contributed by atoms with Gasteiger partial charge in [-0.25, -0.2) is 12.8 Å². The molecule has 1 aliphatic heterocycles. The van der Waals surface area contributed by atoms with Crippen LogP contribution in [-0.2, 0) is 32.2 Å². The summed E-state index contributed by atoms with van der Waals surface area (Å²) >= 11 is 0. The normalized spacial score (nSPS) is 16.5. The molecule has 3 rings (SSSR count). The Morgan fingerprint density at radius 3 is 2.26 bits per heavy atom. The van der Waals surface area contributed by atoms with Crippen LogP contribution in [-0.4, -0.2) is 49.7 Å². The van der Waals surface area contributed by atoms with Crippen LogP contribution in [0.1, 0.15) is 30.9 Å². The van der Waals surface area contributed by atoms with Crippen molar-refractivity contribution in [1.29, 1.82) is 0 Å². The lowest BCUT2D eigenvalue weighted by Crippen LogP contribution is -2.53. The summed E-state index contributed by atoms with van der Waals surface area (Å²) in [6.07, 6.45) is -4.59. The van der Waals surface area contributed by atoms with E-state index in [4.69, 9.17) is 0 Å². The molecule has 1 atom stereocenters. The smallest absolute Gasteiger partial charge is 0.351 e.